The van der Waals surface area contributed by atoms with E-state index in [1.807, 2.05) is 55.5 Å². The topological polar surface area (TPSA) is 76.7 Å². The van der Waals surface area contributed by atoms with Crippen LogP contribution in [-0.2, 0) is 9.53 Å². The van der Waals surface area contributed by atoms with E-state index in [-0.39, 0.29) is 18.2 Å². The maximum atomic E-state index is 12.3. The minimum atomic E-state index is -0.221. The minimum Gasteiger partial charge on any atom is -0.490 e. The van der Waals surface area contributed by atoms with Crippen LogP contribution in [0, 0.1) is 0 Å². The molecule has 2 aromatic carbocycles. The molecular weight excluding hydrogens is 412 g/mol. The average Bonchev–Trinajstić information content (AvgIpc) is 2.65. The number of rotatable bonds is 4. The van der Waals surface area contributed by atoms with E-state index in [4.69, 9.17) is 4.74 Å². The second-order valence-electron chi connectivity index (χ2n) is 5.88. The summed E-state index contributed by atoms with van der Waals surface area (Å²) in [5.41, 5.74) is 1.76. The molecule has 144 valence electrons. The zero-order valence-corrected chi connectivity index (χ0v) is 16.9. The van der Waals surface area contributed by atoms with Crippen molar-refractivity contribution in [1.82, 2.24) is 5.32 Å². The molecule has 1 aliphatic heterocycles. The lowest BCUT2D eigenvalue weighted by molar-refractivity contribution is -0.128. The summed E-state index contributed by atoms with van der Waals surface area (Å²) in [6.45, 7) is 4.67. The van der Waals surface area contributed by atoms with Crippen molar-refractivity contribution in [3.63, 3.8) is 0 Å². The van der Waals surface area contributed by atoms with Crippen molar-refractivity contribution < 1.29 is 19.1 Å². The van der Waals surface area contributed by atoms with E-state index in [0.717, 1.165) is 27.9 Å². The second-order valence-corrected chi connectivity index (χ2v) is 6.74. The van der Waals surface area contributed by atoms with Crippen LogP contribution in [0.5, 0.6) is 5.75 Å². The maximum Gasteiger partial charge on any atom is 0.319 e. The van der Waals surface area contributed by atoms with Gasteiger partial charge in [0.15, 0.2) is 0 Å². The van der Waals surface area contributed by atoms with E-state index in [1.165, 1.54) is 0 Å². The third-order valence-electron chi connectivity index (χ3n) is 3.85. The SMILES string of the molecule is CC1CC(NC(=O)Nc2ccccc2Br)c2ccccc2O1.CCOC=O. The van der Waals surface area contributed by atoms with Gasteiger partial charge in [-0.15, -0.1) is 0 Å². The first kappa shape index (κ1) is 20.8. The number of carbonyl (C=O) groups is 2. The van der Waals surface area contributed by atoms with Gasteiger partial charge >= 0.3 is 6.03 Å². The number of amides is 2. The molecule has 2 N–H and O–H groups in total. The fourth-order valence-electron chi connectivity index (χ4n) is 2.68. The Hall–Kier alpha value is -2.54. The van der Waals surface area contributed by atoms with Crippen LogP contribution in [0.4, 0.5) is 10.5 Å². The molecule has 7 heteroatoms. The number of halogens is 1. The lowest BCUT2D eigenvalue weighted by atomic mass is 9.97. The fourth-order valence-corrected chi connectivity index (χ4v) is 3.07. The summed E-state index contributed by atoms with van der Waals surface area (Å²) >= 11 is 3.42. The molecule has 0 radical (unpaired) electrons. The van der Waals surface area contributed by atoms with Crippen molar-refractivity contribution >= 4 is 34.1 Å². The molecule has 6 nitrogen and oxygen atoms in total. The molecule has 0 bridgehead atoms. The molecule has 2 unspecified atom stereocenters. The Balaban J connectivity index is 0.000000465. The molecule has 0 spiro atoms. The summed E-state index contributed by atoms with van der Waals surface area (Å²) in [6.07, 6.45) is 0.823. The molecule has 3 rings (SSSR count). The monoisotopic (exact) mass is 434 g/mol. The number of nitrogens with one attached hydrogen (secondary N) is 2. The maximum absolute atomic E-state index is 12.3. The molecular formula is C20H23BrN2O4. The van der Waals surface area contributed by atoms with Crippen molar-refractivity contribution in [1.29, 1.82) is 0 Å². The van der Waals surface area contributed by atoms with E-state index in [1.54, 1.807) is 6.92 Å². The first-order valence-electron chi connectivity index (χ1n) is 8.68. The van der Waals surface area contributed by atoms with Gasteiger partial charge in [0, 0.05) is 16.5 Å². The standard InChI is InChI=1S/C17H17BrN2O2.C3H6O2/c1-11-10-15(12-6-2-5-9-16(12)22-11)20-17(21)19-14-8-4-3-7-13(14)18;1-2-5-3-4/h2-9,11,15H,10H2,1H3,(H2,19,20,21);3H,2H2,1H3. The molecule has 0 aromatic heterocycles. The van der Waals surface area contributed by atoms with Crippen molar-refractivity contribution in [3.05, 3.63) is 58.6 Å². The van der Waals surface area contributed by atoms with Crippen LogP contribution >= 0.6 is 15.9 Å². The highest BCUT2D eigenvalue weighted by molar-refractivity contribution is 9.10. The average molecular weight is 435 g/mol. The van der Waals surface area contributed by atoms with E-state index in [0.29, 0.717) is 13.1 Å². The first-order chi connectivity index (χ1) is 13.0. The molecule has 2 amide bonds. The molecule has 2 aromatic rings. The van der Waals surface area contributed by atoms with Gasteiger partial charge in [0.05, 0.1) is 24.4 Å². The minimum absolute atomic E-state index is 0.0533. The van der Waals surface area contributed by atoms with Gasteiger partial charge in [-0.1, -0.05) is 30.3 Å². The molecule has 1 aliphatic rings. The van der Waals surface area contributed by atoms with Gasteiger partial charge in [-0.05, 0) is 48.0 Å². The number of fused-ring (bicyclic) bond motifs is 1. The lowest BCUT2D eigenvalue weighted by Gasteiger charge is -2.31. The van der Waals surface area contributed by atoms with Crippen LogP contribution in [0.3, 0.4) is 0 Å². The van der Waals surface area contributed by atoms with Crippen LogP contribution in [0.15, 0.2) is 53.0 Å². The molecule has 0 saturated heterocycles. The normalized spacial score (nSPS) is 17.3. The van der Waals surface area contributed by atoms with E-state index >= 15 is 0 Å². The Bertz CT molecular complexity index is 769. The number of hydrogen-bond acceptors (Lipinski definition) is 4. The number of hydrogen-bond donors (Lipinski definition) is 2. The quantitative estimate of drug-likeness (QED) is 0.685. The van der Waals surface area contributed by atoms with Crippen LogP contribution in [0.2, 0.25) is 0 Å². The van der Waals surface area contributed by atoms with Crippen molar-refractivity contribution in [3.8, 4) is 5.75 Å². The Morgan fingerprint density at radius 2 is 1.96 bits per heavy atom. The lowest BCUT2D eigenvalue weighted by Crippen LogP contribution is -2.37. The van der Waals surface area contributed by atoms with Gasteiger partial charge in [-0.3, -0.25) is 4.79 Å². The molecule has 0 fully saturated rings. The first-order valence-corrected chi connectivity index (χ1v) is 9.47. The van der Waals surface area contributed by atoms with Crippen molar-refractivity contribution in [2.24, 2.45) is 0 Å². The second kappa shape index (κ2) is 10.6. The molecule has 0 aliphatic carbocycles. The molecule has 1 heterocycles. The number of para-hydroxylation sites is 2. The Morgan fingerprint density at radius 3 is 2.63 bits per heavy atom. The number of urea groups is 1. The predicted molar refractivity (Wildman–Crippen MR) is 108 cm³/mol. The number of carbonyl (C=O) groups excluding carboxylic acids is 2. The zero-order chi connectivity index (χ0) is 19.6. The van der Waals surface area contributed by atoms with Crippen LogP contribution in [-0.4, -0.2) is 25.2 Å². The highest BCUT2D eigenvalue weighted by Crippen LogP contribution is 2.34. The zero-order valence-electron chi connectivity index (χ0n) is 15.3. The Labute approximate surface area is 167 Å². The summed E-state index contributed by atoms with van der Waals surface area (Å²) < 4.78 is 10.8. The van der Waals surface area contributed by atoms with Gasteiger partial charge < -0.3 is 20.1 Å². The summed E-state index contributed by atoms with van der Waals surface area (Å²) in [5, 5.41) is 5.90. The molecule has 2 atom stereocenters. The van der Waals surface area contributed by atoms with Gasteiger partial charge in [0.2, 0.25) is 0 Å². The summed E-state index contributed by atoms with van der Waals surface area (Å²) in [5.74, 6) is 0.840. The van der Waals surface area contributed by atoms with E-state index < -0.39 is 0 Å². The third kappa shape index (κ3) is 6.29. The van der Waals surface area contributed by atoms with Gasteiger partial charge in [-0.2, -0.15) is 0 Å². The van der Waals surface area contributed by atoms with Crippen molar-refractivity contribution in [2.75, 3.05) is 11.9 Å². The highest BCUT2D eigenvalue weighted by atomic mass is 79.9. The summed E-state index contributed by atoms with van der Waals surface area (Å²) in [7, 11) is 0. The number of anilines is 1. The van der Waals surface area contributed by atoms with Crippen molar-refractivity contribution in [2.45, 2.75) is 32.4 Å². The molecule has 27 heavy (non-hydrogen) atoms. The largest absolute Gasteiger partial charge is 0.490 e. The Kier molecular flexibility index (Phi) is 8.13. The van der Waals surface area contributed by atoms with Crippen LogP contribution in [0.1, 0.15) is 31.9 Å². The fraction of sp³-hybridized carbons (Fsp3) is 0.300. The van der Waals surface area contributed by atoms with E-state index in [9.17, 15) is 9.59 Å². The molecule has 0 saturated carbocycles. The highest BCUT2D eigenvalue weighted by Gasteiger charge is 2.26. The van der Waals surface area contributed by atoms with Gasteiger partial charge in [0.25, 0.3) is 6.47 Å². The summed E-state index contributed by atoms with van der Waals surface area (Å²) in [4.78, 5) is 21.4. The van der Waals surface area contributed by atoms with Gasteiger partial charge in [-0.25, -0.2) is 4.79 Å². The Morgan fingerprint density at radius 1 is 1.26 bits per heavy atom. The predicted octanol–water partition coefficient (Wildman–Crippen LogP) is 4.66. The third-order valence-corrected chi connectivity index (χ3v) is 4.54. The summed E-state index contributed by atoms with van der Waals surface area (Å²) in [6, 6.07) is 15.1. The smallest absolute Gasteiger partial charge is 0.319 e. The van der Waals surface area contributed by atoms with Crippen LogP contribution < -0.4 is 15.4 Å². The van der Waals surface area contributed by atoms with E-state index in [2.05, 4.69) is 31.3 Å². The number of benzene rings is 2. The number of ether oxygens (including phenoxy) is 2. The van der Waals surface area contributed by atoms with Gasteiger partial charge in [0.1, 0.15) is 5.75 Å². The van der Waals surface area contributed by atoms with Crippen LogP contribution in [0.25, 0.3) is 0 Å².